The second-order valence-corrected chi connectivity index (χ2v) is 5.41. The Morgan fingerprint density at radius 2 is 2.00 bits per heavy atom. The van der Waals surface area contributed by atoms with Crippen LogP contribution < -0.4 is 9.47 Å². The maximum absolute atomic E-state index is 9.74. The van der Waals surface area contributed by atoms with Crippen molar-refractivity contribution in [2.45, 2.75) is 18.8 Å². The molecule has 108 valence electrons. The molecule has 0 fully saturated rings. The SMILES string of the molecule is OCC[C@@H]1C=CC[C@@H](c2ccc3c(c2)OCO3)[C@@H]1CO. The first-order valence-corrected chi connectivity index (χ1v) is 7.11. The maximum Gasteiger partial charge on any atom is 0.231 e. The van der Waals surface area contributed by atoms with Gasteiger partial charge in [-0.1, -0.05) is 18.2 Å². The molecule has 0 amide bonds. The molecule has 1 aliphatic carbocycles. The summed E-state index contributed by atoms with van der Waals surface area (Å²) in [5, 5.41) is 18.9. The second kappa shape index (κ2) is 5.85. The Morgan fingerprint density at radius 3 is 2.80 bits per heavy atom. The highest BCUT2D eigenvalue weighted by molar-refractivity contribution is 5.45. The number of hydrogen-bond donors (Lipinski definition) is 2. The summed E-state index contributed by atoms with van der Waals surface area (Å²) in [6, 6.07) is 6.01. The zero-order chi connectivity index (χ0) is 13.9. The highest BCUT2D eigenvalue weighted by Gasteiger charge is 2.31. The molecule has 0 spiro atoms. The van der Waals surface area contributed by atoms with E-state index in [0.717, 1.165) is 17.9 Å². The van der Waals surface area contributed by atoms with Gasteiger partial charge < -0.3 is 19.7 Å². The van der Waals surface area contributed by atoms with E-state index in [0.29, 0.717) is 6.42 Å². The average molecular weight is 276 g/mol. The molecule has 1 aliphatic heterocycles. The van der Waals surface area contributed by atoms with Crippen LogP contribution in [-0.4, -0.2) is 30.2 Å². The van der Waals surface area contributed by atoms with Gasteiger partial charge in [0.1, 0.15) is 0 Å². The van der Waals surface area contributed by atoms with Crippen molar-refractivity contribution in [3.8, 4) is 11.5 Å². The van der Waals surface area contributed by atoms with Crippen LogP contribution in [0.3, 0.4) is 0 Å². The van der Waals surface area contributed by atoms with Crippen LogP contribution in [0.5, 0.6) is 11.5 Å². The van der Waals surface area contributed by atoms with E-state index in [2.05, 4.69) is 18.2 Å². The lowest BCUT2D eigenvalue weighted by atomic mass is 9.72. The first-order chi connectivity index (χ1) is 9.83. The third-order valence-corrected chi connectivity index (χ3v) is 4.34. The van der Waals surface area contributed by atoms with Crippen molar-refractivity contribution in [1.29, 1.82) is 0 Å². The van der Waals surface area contributed by atoms with Gasteiger partial charge in [0.15, 0.2) is 11.5 Å². The normalized spacial score (nSPS) is 27.8. The van der Waals surface area contributed by atoms with Crippen molar-refractivity contribution in [3.05, 3.63) is 35.9 Å². The zero-order valence-corrected chi connectivity index (χ0v) is 11.4. The minimum Gasteiger partial charge on any atom is -0.454 e. The Morgan fingerprint density at radius 1 is 1.15 bits per heavy atom. The van der Waals surface area contributed by atoms with Gasteiger partial charge in [0.2, 0.25) is 6.79 Å². The highest BCUT2D eigenvalue weighted by Crippen LogP contribution is 2.42. The largest absolute Gasteiger partial charge is 0.454 e. The van der Waals surface area contributed by atoms with Gasteiger partial charge in [-0.05, 0) is 48.3 Å². The Kier molecular flexibility index (Phi) is 3.94. The van der Waals surface area contributed by atoms with Crippen LogP contribution in [0.15, 0.2) is 30.4 Å². The van der Waals surface area contributed by atoms with Crippen LogP contribution in [0, 0.1) is 11.8 Å². The molecular weight excluding hydrogens is 256 g/mol. The molecule has 0 aromatic heterocycles. The number of rotatable bonds is 4. The number of benzene rings is 1. The fourth-order valence-corrected chi connectivity index (χ4v) is 3.26. The Balaban J connectivity index is 1.86. The summed E-state index contributed by atoms with van der Waals surface area (Å²) in [5.74, 6) is 2.21. The lowest BCUT2D eigenvalue weighted by Gasteiger charge is -2.34. The van der Waals surface area contributed by atoms with Gasteiger partial charge in [0.05, 0.1) is 0 Å². The molecule has 0 saturated heterocycles. The fraction of sp³-hybridized carbons (Fsp3) is 0.500. The molecular formula is C16H20O4. The molecule has 0 saturated carbocycles. The topological polar surface area (TPSA) is 58.9 Å². The van der Waals surface area contributed by atoms with Crippen LogP contribution in [0.1, 0.15) is 24.3 Å². The van der Waals surface area contributed by atoms with E-state index in [9.17, 15) is 5.11 Å². The number of fused-ring (bicyclic) bond motifs is 1. The lowest BCUT2D eigenvalue weighted by Crippen LogP contribution is -2.27. The fourth-order valence-electron chi connectivity index (χ4n) is 3.26. The first kappa shape index (κ1) is 13.5. The van der Waals surface area contributed by atoms with E-state index >= 15 is 0 Å². The van der Waals surface area contributed by atoms with Gasteiger partial charge >= 0.3 is 0 Å². The Labute approximate surface area is 118 Å². The zero-order valence-electron chi connectivity index (χ0n) is 11.4. The molecule has 3 atom stereocenters. The number of allylic oxidation sites excluding steroid dienone is 2. The predicted molar refractivity (Wildman–Crippen MR) is 74.8 cm³/mol. The van der Waals surface area contributed by atoms with E-state index in [1.165, 1.54) is 5.56 Å². The van der Waals surface area contributed by atoms with Gasteiger partial charge in [-0.3, -0.25) is 0 Å². The number of ether oxygens (including phenoxy) is 2. The van der Waals surface area contributed by atoms with Crippen molar-refractivity contribution in [2.75, 3.05) is 20.0 Å². The van der Waals surface area contributed by atoms with E-state index < -0.39 is 0 Å². The van der Waals surface area contributed by atoms with Gasteiger partial charge in [0, 0.05) is 13.2 Å². The predicted octanol–water partition coefficient (Wildman–Crippen LogP) is 2.07. The number of aliphatic hydroxyl groups excluding tert-OH is 2. The van der Waals surface area contributed by atoms with Gasteiger partial charge in [-0.15, -0.1) is 0 Å². The molecule has 2 N–H and O–H groups in total. The molecule has 1 aromatic carbocycles. The number of hydrogen-bond acceptors (Lipinski definition) is 4. The smallest absolute Gasteiger partial charge is 0.231 e. The van der Waals surface area contributed by atoms with E-state index in [1.807, 2.05) is 12.1 Å². The minimum absolute atomic E-state index is 0.133. The molecule has 1 heterocycles. The van der Waals surface area contributed by atoms with Crippen molar-refractivity contribution in [1.82, 2.24) is 0 Å². The van der Waals surface area contributed by atoms with Crippen LogP contribution >= 0.6 is 0 Å². The lowest BCUT2D eigenvalue weighted by molar-refractivity contribution is 0.143. The average Bonchev–Trinajstić information content (AvgIpc) is 2.94. The molecule has 1 aromatic rings. The molecule has 4 nitrogen and oxygen atoms in total. The molecule has 0 unspecified atom stereocenters. The molecule has 4 heteroatoms. The molecule has 20 heavy (non-hydrogen) atoms. The molecule has 2 aliphatic rings. The summed E-state index contributed by atoms with van der Waals surface area (Å²) in [7, 11) is 0. The maximum atomic E-state index is 9.74. The summed E-state index contributed by atoms with van der Waals surface area (Å²) in [6.07, 6.45) is 5.89. The van der Waals surface area contributed by atoms with Crippen LogP contribution in [0.2, 0.25) is 0 Å². The molecule has 0 radical (unpaired) electrons. The summed E-state index contributed by atoms with van der Waals surface area (Å²) >= 11 is 0. The summed E-state index contributed by atoms with van der Waals surface area (Å²) in [5.41, 5.74) is 1.17. The van der Waals surface area contributed by atoms with Crippen molar-refractivity contribution in [2.24, 2.45) is 11.8 Å². The summed E-state index contributed by atoms with van der Waals surface area (Å²) in [6.45, 7) is 0.563. The van der Waals surface area contributed by atoms with Crippen LogP contribution in [0.25, 0.3) is 0 Å². The highest BCUT2D eigenvalue weighted by atomic mass is 16.7. The van der Waals surface area contributed by atoms with Crippen molar-refractivity contribution in [3.63, 3.8) is 0 Å². The van der Waals surface area contributed by atoms with Gasteiger partial charge in [-0.25, -0.2) is 0 Å². The minimum atomic E-state index is 0.133. The Hall–Kier alpha value is -1.52. The van der Waals surface area contributed by atoms with E-state index in [-0.39, 0.29) is 37.8 Å². The van der Waals surface area contributed by atoms with Crippen LogP contribution in [-0.2, 0) is 0 Å². The van der Waals surface area contributed by atoms with Crippen molar-refractivity contribution >= 4 is 0 Å². The monoisotopic (exact) mass is 276 g/mol. The summed E-state index contributed by atoms with van der Waals surface area (Å²) in [4.78, 5) is 0. The van der Waals surface area contributed by atoms with Crippen LogP contribution in [0.4, 0.5) is 0 Å². The third-order valence-electron chi connectivity index (χ3n) is 4.34. The van der Waals surface area contributed by atoms with Gasteiger partial charge in [0.25, 0.3) is 0 Å². The summed E-state index contributed by atoms with van der Waals surface area (Å²) < 4.78 is 10.8. The molecule has 0 bridgehead atoms. The van der Waals surface area contributed by atoms with E-state index in [1.54, 1.807) is 0 Å². The molecule has 3 rings (SSSR count). The number of aliphatic hydroxyl groups is 2. The Bertz CT molecular complexity index is 497. The van der Waals surface area contributed by atoms with Gasteiger partial charge in [-0.2, -0.15) is 0 Å². The van der Waals surface area contributed by atoms with Crippen molar-refractivity contribution < 1.29 is 19.7 Å². The first-order valence-electron chi connectivity index (χ1n) is 7.11. The van der Waals surface area contributed by atoms with E-state index in [4.69, 9.17) is 14.6 Å². The third kappa shape index (κ3) is 2.41. The second-order valence-electron chi connectivity index (χ2n) is 5.41. The quantitative estimate of drug-likeness (QED) is 0.827. The standard InChI is InChI=1S/C16H20O4/c17-7-6-11-2-1-3-13(14(11)9-18)12-4-5-15-16(8-12)20-10-19-15/h1-2,4-5,8,11,13-14,17-18H,3,6-7,9-10H2/t11-,13-,14+/m0/s1.